The van der Waals surface area contributed by atoms with Crippen LogP contribution in [-0.4, -0.2) is 74.1 Å². The minimum atomic E-state index is -0.181. The summed E-state index contributed by atoms with van der Waals surface area (Å²) in [5.74, 6) is 1.72. The first-order valence-electron chi connectivity index (χ1n) is 14.0. The van der Waals surface area contributed by atoms with Gasteiger partial charge in [-0.1, -0.05) is 12.1 Å². The molecule has 4 aliphatic rings. The molecule has 9 nitrogen and oxygen atoms in total. The van der Waals surface area contributed by atoms with Crippen molar-refractivity contribution >= 4 is 22.9 Å². The standard InChI is InChI=1S/C30H35FN6O3/c1-39-30(40-2)28-21-15-36(16-22(21)28)25-11-17(9-10-23(25)31)37-18-7-8-19(37)14-35(13-18)26-12-24(33-34-29(26)32)20-5-3-4-6-27(20)38/h3-6,9-12,18-19,21-22,28,30,38H,7-8,13-16H2,1-2H3,(H2,32,34)/t18?,19?,21-,22?,28?/m1/s1. The highest BCUT2D eigenvalue weighted by atomic mass is 19.1. The number of hydrogen-bond acceptors (Lipinski definition) is 9. The number of nitrogens with zero attached hydrogens (tertiary/aromatic N) is 5. The van der Waals surface area contributed by atoms with Crippen LogP contribution in [0.2, 0.25) is 0 Å². The van der Waals surface area contributed by atoms with Crippen LogP contribution in [0.4, 0.5) is 27.3 Å². The van der Waals surface area contributed by atoms with Crippen LogP contribution in [0.25, 0.3) is 11.3 Å². The van der Waals surface area contributed by atoms with Crippen molar-refractivity contribution in [3.8, 4) is 17.0 Å². The lowest BCUT2D eigenvalue weighted by Gasteiger charge is -2.44. The quantitative estimate of drug-likeness (QED) is 0.430. The van der Waals surface area contributed by atoms with Crippen LogP contribution >= 0.6 is 0 Å². The van der Waals surface area contributed by atoms with Crippen molar-refractivity contribution in [2.45, 2.75) is 31.2 Å². The molecule has 2 aromatic carbocycles. The first kappa shape index (κ1) is 25.3. The number of piperidine rings is 1. The van der Waals surface area contributed by atoms with Gasteiger partial charge in [0.1, 0.15) is 11.6 Å². The molecule has 210 valence electrons. The Hall–Kier alpha value is -3.63. The van der Waals surface area contributed by atoms with Crippen LogP contribution < -0.4 is 20.4 Å². The van der Waals surface area contributed by atoms with E-state index in [4.69, 9.17) is 15.2 Å². The fourth-order valence-electron chi connectivity index (χ4n) is 7.47. The van der Waals surface area contributed by atoms with Crippen molar-refractivity contribution in [1.82, 2.24) is 10.2 Å². The fraction of sp³-hybridized carbons (Fsp3) is 0.467. The Morgan fingerprint density at radius 3 is 2.25 bits per heavy atom. The Morgan fingerprint density at radius 1 is 0.900 bits per heavy atom. The second-order valence-corrected chi connectivity index (χ2v) is 11.5. The van der Waals surface area contributed by atoms with Crippen molar-refractivity contribution in [3.05, 3.63) is 54.3 Å². The predicted molar refractivity (Wildman–Crippen MR) is 152 cm³/mol. The topological polar surface area (TPSA) is 100 Å². The van der Waals surface area contributed by atoms with Crippen molar-refractivity contribution in [2.24, 2.45) is 17.8 Å². The monoisotopic (exact) mass is 546 g/mol. The SMILES string of the molecule is COC(OC)C1C2CN(c3cc(N4C5CCC4CN(c4cc(-c6ccccc6O)nnc4N)C5)ccc3F)C[C@H]21. The van der Waals surface area contributed by atoms with Gasteiger partial charge in [-0.3, -0.25) is 0 Å². The van der Waals surface area contributed by atoms with Crippen molar-refractivity contribution < 1.29 is 19.0 Å². The summed E-state index contributed by atoms with van der Waals surface area (Å²) in [6.07, 6.45) is 1.94. The number of benzene rings is 2. The van der Waals surface area contributed by atoms with E-state index in [1.165, 1.54) is 0 Å². The van der Waals surface area contributed by atoms with Crippen molar-refractivity contribution in [2.75, 3.05) is 60.8 Å². The van der Waals surface area contributed by atoms with Gasteiger partial charge in [0.25, 0.3) is 0 Å². The summed E-state index contributed by atoms with van der Waals surface area (Å²) in [7, 11) is 3.37. The van der Waals surface area contributed by atoms with E-state index in [-0.39, 0.29) is 29.9 Å². The number of aromatic hydroxyl groups is 1. The molecule has 3 aliphatic heterocycles. The number of nitrogen functional groups attached to an aromatic ring is 1. The third-order valence-corrected chi connectivity index (χ3v) is 9.41. The summed E-state index contributed by atoms with van der Waals surface area (Å²) in [6.45, 7) is 3.22. The summed E-state index contributed by atoms with van der Waals surface area (Å²) in [4.78, 5) is 6.95. The van der Waals surface area contributed by atoms with Crippen LogP contribution in [0, 0.1) is 23.6 Å². The summed E-state index contributed by atoms with van der Waals surface area (Å²) in [5.41, 5.74) is 10.1. The molecule has 3 aromatic rings. The van der Waals surface area contributed by atoms with E-state index in [1.807, 2.05) is 30.3 Å². The zero-order valence-electron chi connectivity index (χ0n) is 22.8. The number of para-hydroxylation sites is 1. The smallest absolute Gasteiger partial charge is 0.169 e. The maximum Gasteiger partial charge on any atom is 0.169 e. The average Bonchev–Trinajstić information content (AvgIpc) is 3.30. The molecule has 4 heterocycles. The van der Waals surface area contributed by atoms with Gasteiger partial charge in [0, 0.05) is 69.7 Å². The number of phenols is 1. The number of anilines is 4. The highest BCUT2D eigenvalue weighted by molar-refractivity contribution is 5.74. The molecule has 0 amide bonds. The molecule has 1 aliphatic carbocycles. The van der Waals surface area contributed by atoms with Gasteiger partial charge in [-0.25, -0.2) is 4.39 Å². The highest BCUT2D eigenvalue weighted by Gasteiger charge is 2.59. The van der Waals surface area contributed by atoms with Crippen LogP contribution in [-0.2, 0) is 9.47 Å². The van der Waals surface area contributed by atoms with Gasteiger partial charge in [0.2, 0.25) is 0 Å². The molecule has 4 fully saturated rings. The maximum atomic E-state index is 15.1. The number of aromatic nitrogens is 2. The van der Waals surface area contributed by atoms with E-state index in [0.717, 1.165) is 50.4 Å². The largest absolute Gasteiger partial charge is 0.507 e. The molecule has 10 heteroatoms. The zero-order chi connectivity index (χ0) is 27.5. The van der Waals surface area contributed by atoms with E-state index >= 15 is 4.39 Å². The minimum absolute atomic E-state index is 0.160. The summed E-state index contributed by atoms with van der Waals surface area (Å²) < 4.78 is 26.1. The molecule has 7 rings (SSSR count). The van der Waals surface area contributed by atoms with E-state index in [9.17, 15) is 5.11 Å². The predicted octanol–water partition coefficient (Wildman–Crippen LogP) is 3.73. The molecular formula is C30H35FN6O3. The van der Waals surface area contributed by atoms with E-state index in [1.54, 1.807) is 32.4 Å². The zero-order valence-corrected chi connectivity index (χ0v) is 22.8. The fourth-order valence-corrected chi connectivity index (χ4v) is 7.47. The minimum Gasteiger partial charge on any atom is -0.507 e. The Labute approximate surface area is 233 Å². The number of fused-ring (bicyclic) bond motifs is 3. The molecule has 0 radical (unpaired) electrons. The average molecular weight is 547 g/mol. The van der Waals surface area contributed by atoms with Gasteiger partial charge in [-0.2, -0.15) is 0 Å². The molecule has 40 heavy (non-hydrogen) atoms. The Bertz CT molecular complexity index is 1390. The number of methoxy groups -OCH3 is 2. The van der Waals surface area contributed by atoms with Crippen LogP contribution in [0.15, 0.2) is 48.5 Å². The van der Waals surface area contributed by atoms with E-state index in [0.29, 0.717) is 40.5 Å². The number of nitrogens with two attached hydrogens (primary N) is 1. The summed E-state index contributed by atoms with van der Waals surface area (Å²) >= 11 is 0. The number of hydrogen-bond donors (Lipinski definition) is 2. The third-order valence-electron chi connectivity index (χ3n) is 9.41. The van der Waals surface area contributed by atoms with E-state index < -0.39 is 0 Å². The van der Waals surface area contributed by atoms with Gasteiger partial charge in [-0.15, -0.1) is 10.2 Å². The van der Waals surface area contributed by atoms with Crippen LogP contribution in [0.1, 0.15) is 12.8 Å². The lowest BCUT2D eigenvalue weighted by Crippen LogP contribution is -2.54. The molecule has 5 atom stereocenters. The van der Waals surface area contributed by atoms with Gasteiger partial charge in [-0.05, 0) is 61.1 Å². The number of halogens is 1. The lowest BCUT2D eigenvalue weighted by molar-refractivity contribution is -0.121. The molecule has 4 unspecified atom stereocenters. The normalized spacial score (nSPS) is 27.0. The molecule has 3 saturated heterocycles. The Morgan fingerprint density at radius 2 is 1.57 bits per heavy atom. The first-order chi connectivity index (χ1) is 19.5. The highest BCUT2D eigenvalue weighted by Crippen LogP contribution is 2.55. The Kier molecular flexibility index (Phi) is 6.20. The third kappa shape index (κ3) is 4.12. The van der Waals surface area contributed by atoms with Gasteiger partial charge in [0.15, 0.2) is 12.1 Å². The van der Waals surface area contributed by atoms with Gasteiger partial charge < -0.3 is 35.0 Å². The molecule has 1 saturated carbocycles. The lowest BCUT2D eigenvalue weighted by atomic mass is 10.1. The molecule has 3 N–H and O–H groups in total. The summed E-state index contributed by atoms with van der Waals surface area (Å²) in [6, 6.07) is 15.2. The van der Waals surface area contributed by atoms with Crippen molar-refractivity contribution in [1.29, 1.82) is 0 Å². The van der Waals surface area contributed by atoms with Crippen LogP contribution in [0.3, 0.4) is 0 Å². The Balaban J connectivity index is 1.09. The molecular weight excluding hydrogens is 511 g/mol. The van der Waals surface area contributed by atoms with Crippen LogP contribution in [0.5, 0.6) is 5.75 Å². The number of rotatable bonds is 7. The van der Waals surface area contributed by atoms with Crippen molar-refractivity contribution in [3.63, 3.8) is 0 Å². The number of phenolic OH excluding ortho intramolecular Hbond substituents is 1. The van der Waals surface area contributed by atoms with Gasteiger partial charge >= 0.3 is 0 Å². The summed E-state index contributed by atoms with van der Waals surface area (Å²) in [5, 5.41) is 18.8. The molecule has 1 aromatic heterocycles. The molecule has 0 spiro atoms. The molecule has 2 bridgehead atoms. The first-order valence-corrected chi connectivity index (χ1v) is 14.0. The maximum absolute atomic E-state index is 15.1. The second kappa shape index (κ2) is 9.78. The van der Waals surface area contributed by atoms with Gasteiger partial charge in [0.05, 0.1) is 17.1 Å². The number of piperazine rings is 1. The number of ether oxygens (including phenoxy) is 2. The second-order valence-electron chi connectivity index (χ2n) is 11.5. The van der Waals surface area contributed by atoms with E-state index in [2.05, 4.69) is 24.9 Å².